The first-order chi connectivity index (χ1) is 6.65. The number of nitrogens with zero attached hydrogens (tertiary/aromatic N) is 2. The number of hydrogen-bond donors (Lipinski definition) is 1. The van der Waals surface area contributed by atoms with Crippen LogP contribution in [-0.4, -0.2) is 34.2 Å². The van der Waals surface area contributed by atoms with Crippen molar-refractivity contribution in [3.05, 3.63) is 15.6 Å². The van der Waals surface area contributed by atoms with Gasteiger partial charge in [0, 0.05) is 18.0 Å². The van der Waals surface area contributed by atoms with Crippen molar-refractivity contribution in [3.8, 4) is 0 Å². The molecule has 0 aliphatic carbocycles. The van der Waals surface area contributed by atoms with Crippen molar-refractivity contribution in [2.45, 2.75) is 32.9 Å². The zero-order chi connectivity index (χ0) is 10.1. The molecule has 0 radical (unpaired) electrons. The third-order valence-corrected chi connectivity index (χ3v) is 3.74. The molecule has 3 nitrogen and oxygen atoms in total. The maximum absolute atomic E-state index is 9.38. The Morgan fingerprint density at radius 1 is 1.57 bits per heavy atom. The van der Waals surface area contributed by atoms with Gasteiger partial charge in [0.2, 0.25) is 0 Å². The molecule has 1 fully saturated rings. The van der Waals surface area contributed by atoms with Gasteiger partial charge < -0.3 is 5.11 Å². The summed E-state index contributed by atoms with van der Waals surface area (Å²) in [5, 5.41) is 10.6. The van der Waals surface area contributed by atoms with Crippen molar-refractivity contribution in [2.75, 3.05) is 13.1 Å². The summed E-state index contributed by atoms with van der Waals surface area (Å²) < 4.78 is 0. The van der Waals surface area contributed by atoms with Crippen molar-refractivity contribution >= 4 is 11.3 Å². The van der Waals surface area contributed by atoms with Crippen molar-refractivity contribution in [2.24, 2.45) is 0 Å². The molecule has 4 heteroatoms. The van der Waals surface area contributed by atoms with E-state index in [4.69, 9.17) is 0 Å². The molecule has 1 aliphatic heterocycles. The van der Waals surface area contributed by atoms with E-state index in [0.717, 1.165) is 31.7 Å². The average Bonchev–Trinajstić information content (AvgIpc) is 2.62. The van der Waals surface area contributed by atoms with Crippen LogP contribution in [0.1, 0.15) is 22.0 Å². The van der Waals surface area contributed by atoms with Gasteiger partial charge in [-0.3, -0.25) is 4.90 Å². The highest BCUT2D eigenvalue weighted by Crippen LogP contribution is 2.20. The fourth-order valence-electron chi connectivity index (χ4n) is 1.75. The molecule has 78 valence electrons. The molecule has 2 rings (SSSR count). The minimum Gasteiger partial charge on any atom is -0.392 e. The Balaban J connectivity index is 1.97. The van der Waals surface area contributed by atoms with E-state index in [-0.39, 0.29) is 6.10 Å². The number of aliphatic hydroxyl groups excluding tert-OH is 1. The fourth-order valence-corrected chi connectivity index (χ4v) is 2.73. The van der Waals surface area contributed by atoms with Gasteiger partial charge >= 0.3 is 0 Å². The first-order valence-corrected chi connectivity index (χ1v) is 5.80. The fraction of sp³-hybridized carbons (Fsp3) is 0.700. The number of likely N-dealkylation sites (tertiary alicyclic amines) is 1. The molecule has 2 heterocycles. The summed E-state index contributed by atoms with van der Waals surface area (Å²) in [5.74, 6) is 0. The Labute approximate surface area is 88.4 Å². The lowest BCUT2D eigenvalue weighted by atomic mass is 10.3. The van der Waals surface area contributed by atoms with E-state index in [1.807, 2.05) is 6.92 Å². The molecule has 14 heavy (non-hydrogen) atoms. The molecule has 0 spiro atoms. The van der Waals surface area contributed by atoms with Gasteiger partial charge in [-0.05, 0) is 20.3 Å². The summed E-state index contributed by atoms with van der Waals surface area (Å²) in [7, 11) is 0. The third-order valence-electron chi connectivity index (χ3n) is 2.68. The molecule has 0 saturated carbocycles. The highest BCUT2D eigenvalue weighted by Gasteiger charge is 2.21. The molecule has 1 N–H and O–H groups in total. The molecule has 1 atom stereocenters. The molecule has 1 aromatic rings. The summed E-state index contributed by atoms with van der Waals surface area (Å²) in [6.45, 7) is 6.86. The quantitative estimate of drug-likeness (QED) is 0.803. The molecular weight excluding hydrogens is 196 g/mol. The molecule has 0 aromatic carbocycles. The zero-order valence-corrected chi connectivity index (χ0v) is 9.47. The van der Waals surface area contributed by atoms with Crippen LogP contribution in [0.5, 0.6) is 0 Å². The van der Waals surface area contributed by atoms with Crippen molar-refractivity contribution in [3.63, 3.8) is 0 Å². The Morgan fingerprint density at radius 3 is 2.86 bits per heavy atom. The van der Waals surface area contributed by atoms with E-state index in [9.17, 15) is 5.11 Å². The molecule has 1 saturated heterocycles. The number of hydrogen-bond acceptors (Lipinski definition) is 4. The van der Waals surface area contributed by atoms with Crippen LogP contribution in [0.2, 0.25) is 0 Å². The van der Waals surface area contributed by atoms with Crippen LogP contribution in [0, 0.1) is 13.8 Å². The van der Waals surface area contributed by atoms with Gasteiger partial charge in [-0.1, -0.05) is 0 Å². The SMILES string of the molecule is Cc1nc(CN2CC[C@H](O)C2)sc1C. The number of β-amino-alcohol motifs (C(OH)–C–C–N with tert-alkyl or cyclic N) is 1. The minimum atomic E-state index is -0.128. The van der Waals surface area contributed by atoms with Crippen molar-refractivity contribution in [1.29, 1.82) is 0 Å². The van der Waals surface area contributed by atoms with Gasteiger partial charge in [-0.25, -0.2) is 4.98 Å². The van der Waals surface area contributed by atoms with Gasteiger partial charge in [0.25, 0.3) is 0 Å². The summed E-state index contributed by atoms with van der Waals surface area (Å²) in [6, 6.07) is 0. The predicted molar refractivity (Wildman–Crippen MR) is 57.5 cm³/mol. The van der Waals surface area contributed by atoms with Gasteiger partial charge in [0.05, 0.1) is 18.3 Å². The van der Waals surface area contributed by atoms with Crippen LogP contribution < -0.4 is 0 Å². The van der Waals surface area contributed by atoms with Gasteiger partial charge in [0.15, 0.2) is 0 Å². The van der Waals surface area contributed by atoms with Crippen LogP contribution in [0.15, 0.2) is 0 Å². The zero-order valence-electron chi connectivity index (χ0n) is 8.66. The first-order valence-electron chi connectivity index (χ1n) is 4.98. The van der Waals surface area contributed by atoms with Crippen LogP contribution in [-0.2, 0) is 6.54 Å². The largest absolute Gasteiger partial charge is 0.392 e. The number of aliphatic hydroxyl groups is 1. The lowest BCUT2D eigenvalue weighted by molar-refractivity contribution is 0.174. The van der Waals surface area contributed by atoms with Crippen molar-refractivity contribution in [1.82, 2.24) is 9.88 Å². The molecule has 1 aliphatic rings. The Kier molecular flexibility index (Phi) is 2.85. The Hall–Kier alpha value is -0.450. The van der Waals surface area contributed by atoms with E-state index in [1.54, 1.807) is 11.3 Å². The molecule has 1 aromatic heterocycles. The number of aromatic nitrogens is 1. The average molecular weight is 212 g/mol. The first kappa shape index (κ1) is 10.1. The summed E-state index contributed by atoms with van der Waals surface area (Å²) in [6.07, 6.45) is 0.778. The van der Waals surface area contributed by atoms with E-state index < -0.39 is 0 Å². The topological polar surface area (TPSA) is 36.4 Å². The second kappa shape index (κ2) is 3.96. The smallest absolute Gasteiger partial charge is 0.107 e. The normalized spacial score (nSPS) is 23.2. The number of thiazole rings is 1. The molecular formula is C10H16N2OS. The summed E-state index contributed by atoms with van der Waals surface area (Å²) in [4.78, 5) is 8.07. The monoisotopic (exact) mass is 212 g/mol. The molecule has 0 bridgehead atoms. The second-order valence-electron chi connectivity index (χ2n) is 3.93. The third kappa shape index (κ3) is 2.13. The Bertz CT molecular complexity index is 304. The second-order valence-corrected chi connectivity index (χ2v) is 5.21. The highest BCUT2D eigenvalue weighted by molar-refractivity contribution is 7.11. The molecule has 0 unspecified atom stereocenters. The van der Waals surface area contributed by atoms with Crippen molar-refractivity contribution < 1.29 is 5.11 Å². The summed E-state index contributed by atoms with van der Waals surface area (Å²) >= 11 is 1.77. The Morgan fingerprint density at radius 2 is 2.36 bits per heavy atom. The lowest BCUT2D eigenvalue weighted by Crippen LogP contribution is -2.21. The number of aryl methyl sites for hydroxylation is 2. The maximum Gasteiger partial charge on any atom is 0.107 e. The highest BCUT2D eigenvalue weighted by atomic mass is 32.1. The van der Waals surface area contributed by atoms with Crippen LogP contribution in [0.25, 0.3) is 0 Å². The van der Waals surface area contributed by atoms with E-state index in [0.29, 0.717) is 0 Å². The standard InChI is InChI=1S/C10H16N2OS/c1-7-8(2)14-10(11-7)6-12-4-3-9(13)5-12/h9,13H,3-6H2,1-2H3/t9-/m0/s1. The van der Waals surface area contributed by atoms with E-state index in [1.165, 1.54) is 9.88 Å². The van der Waals surface area contributed by atoms with Gasteiger partial charge in [-0.15, -0.1) is 11.3 Å². The van der Waals surface area contributed by atoms with E-state index >= 15 is 0 Å². The van der Waals surface area contributed by atoms with Crippen LogP contribution in [0.3, 0.4) is 0 Å². The van der Waals surface area contributed by atoms with Gasteiger partial charge in [0.1, 0.15) is 5.01 Å². The number of rotatable bonds is 2. The lowest BCUT2D eigenvalue weighted by Gasteiger charge is -2.11. The van der Waals surface area contributed by atoms with Gasteiger partial charge in [-0.2, -0.15) is 0 Å². The van der Waals surface area contributed by atoms with Crippen LogP contribution >= 0.6 is 11.3 Å². The minimum absolute atomic E-state index is 0.128. The van der Waals surface area contributed by atoms with E-state index in [2.05, 4.69) is 16.8 Å². The predicted octanol–water partition coefficient (Wildman–Crippen LogP) is 1.33. The summed E-state index contributed by atoms with van der Waals surface area (Å²) in [5.41, 5.74) is 1.14. The molecule has 0 amide bonds. The van der Waals surface area contributed by atoms with Crippen LogP contribution in [0.4, 0.5) is 0 Å². The maximum atomic E-state index is 9.38.